The minimum Gasteiger partial charge on any atom is -0.309 e. The lowest BCUT2D eigenvalue weighted by Crippen LogP contribution is -2.29. The Morgan fingerprint density at radius 2 is 2.04 bits per heavy atom. The summed E-state index contributed by atoms with van der Waals surface area (Å²) in [5.41, 5.74) is 1.41. The van der Waals surface area contributed by atoms with Crippen molar-refractivity contribution in [2.75, 3.05) is 5.32 Å². The second-order valence-corrected chi connectivity index (χ2v) is 7.15. The average molecular weight is 365 g/mol. The maximum absolute atomic E-state index is 12.7. The molecule has 0 radical (unpaired) electrons. The lowest BCUT2D eigenvalue weighted by Gasteiger charge is -2.23. The topological polar surface area (TPSA) is 81.8 Å². The fraction of sp³-hybridized carbons (Fsp3) is 0.400. The van der Waals surface area contributed by atoms with E-state index in [0.29, 0.717) is 22.8 Å². The van der Waals surface area contributed by atoms with Crippen molar-refractivity contribution < 1.29 is 4.79 Å². The molecule has 4 rings (SSSR count). The van der Waals surface area contributed by atoms with Gasteiger partial charge in [0.25, 0.3) is 5.56 Å². The maximum Gasteiger partial charge on any atom is 0.261 e. The van der Waals surface area contributed by atoms with E-state index >= 15 is 0 Å². The summed E-state index contributed by atoms with van der Waals surface area (Å²) >= 11 is 0. The van der Waals surface area contributed by atoms with Crippen LogP contribution in [0.1, 0.15) is 43.7 Å². The van der Waals surface area contributed by atoms with Gasteiger partial charge in [0, 0.05) is 6.07 Å². The van der Waals surface area contributed by atoms with Crippen LogP contribution >= 0.6 is 0 Å². The Kier molecular flexibility index (Phi) is 4.75. The van der Waals surface area contributed by atoms with Crippen LogP contribution in [0.15, 0.2) is 41.6 Å². The molecule has 2 heterocycles. The third kappa shape index (κ3) is 3.49. The molecule has 7 heteroatoms. The molecule has 140 valence electrons. The molecule has 0 bridgehead atoms. The molecule has 1 aliphatic rings. The lowest BCUT2D eigenvalue weighted by atomic mass is 9.96. The lowest BCUT2D eigenvalue weighted by molar-refractivity contribution is -0.116. The molecule has 1 N–H and O–H groups in total. The van der Waals surface area contributed by atoms with Crippen molar-refractivity contribution >= 4 is 22.6 Å². The number of aromatic nitrogens is 4. The van der Waals surface area contributed by atoms with Crippen LogP contribution in [-0.2, 0) is 11.3 Å². The van der Waals surface area contributed by atoms with Gasteiger partial charge in [0.15, 0.2) is 0 Å². The molecule has 0 atom stereocenters. The standard InChI is InChI=1S/C20H23N5O2/c1-14-6-5-9-16-19(14)21-13-24(20(16)27)12-18(26)23-17-10-11-22-25(17)15-7-3-2-4-8-15/h5-6,9-11,13,15H,2-4,7-8,12H2,1H3,(H,23,26). The van der Waals surface area contributed by atoms with Crippen LogP contribution < -0.4 is 10.9 Å². The molecule has 0 unspecified atom stereocenters. The molecule has 1 aliphatic carbocycles. The molecule has 7 nitrogen and oxygen atoms in total. The Balaban J connectivity index is 1.52. The fourth-order valence-electron chi connectivity index (χ4n) is 3.82. The summed E-state index contributed by atoms with van der Waals surface area (Å²) in [5.74, 6) is 0.424. The van der Waals surface area contributed by atoms with E-state index in [0.717, 1.165) is 18.4 Å². The van der Waals surface area contributed by atoms with Crippen LogP contribution in [0.25, 0.3) is 10.9 Å². The second-order valence-electron chi connectivity index (χ2n) is 7.15. The monoisotopic (exact) mass is 365 g/mol. The Hall–Kier alpha value is -2.96. The SMILES string of the molecule is Cc1cccc2c(=O)n(CC(=O)Nc3ccnn3C3CCCCC3)cnc12. The predicted molar refractivity (Wildman–Crippen MR) is 104 cm³/mol. The first-order chi connectivity index (χ1) is 13.1. The van der Waals surface area contributed by atoms with Gasteiger partial charge in [-0.15, -0.1) is 0 Å². The summed E-state index contributed by atoms with van der Waals surface area (Å²) in [6.45, 7) is 1.84. The smallest absolute Gasteiger partial charge is 0.261 e. The van der Waals surface area contributed by atoms with E-state index < -0.39 is 0 Å². The van der Waals surface area contributed by atoms with Crippen molar-refractivity contribution in [1.29, 1.82) is 0 Å². The number of aryl methyl sites for hydroxylation is 1. The Morgan fingerprint density at radius 1 is 1.22 bits per heavy atom. The van der Waals surface area contributed by atoms with E-state index in [1.165, 1.54) is 30.2 Å². The minimum atomic E-state index is -0.261. The van der Waals surface area contributed by atoms with Gasteiger partial charge in [-0.2, -0.15) is 5.10 Å². The highest BCUT2D eigenvalue weighted by Crippen LogP contribution is 2.29. The zero-order valence-corrected chi connectivity index (χ0v) is 15.4. The van der Waals surface area contributed by atoms with Gasteiger partial charge in [0.05, 0.1) is 29.5 Å². The molecular formula is C20H23N5O2. The fourth-order valence-corrected chi connectivity index (χ4v) is 3.82. The molecule has 1 amide bonds. The summed E-state index contributed by atoms with van der Waals surface area (Å²) in [5, 5.41) is 7.81. The summed E-state index contributed by atoms with van der Waals surface area (Å²) in [6.07, 6.45) is 8.95. The van der Waals surface area contributed by atoms with E-state index in [1.807, 2.05) is 23.7 Å². The largest absolute Gasteiger partial charge is 0.309 e. The molecule has 3 aromatic rings. The Bertz CT molecular complexity index is 1030. The van der Waals surface area contributed by atoms with Crippen LogP contribution in [0.5, 0.6) is 0 Å². The summed E-state index contributed by atoms with van der Waals surface area (Å²) in [7, 11) is 0. The summed E-state index contributed by atoms with van der Waals surface area (Å²) < 4.78 is 3.25. The maximum atomic E-state index is 12.7. The number of rotatable bonds is 4. The van der Waals surface area contributed by atoms with Crippen molar-refractivity contribution in [3.63, 3.8) is 0 Å². The zero-order chi connectivity index (χ0) is 18.8. The van der Waals surface area contributed by atoms with Crippen molar-refractivity contribution in [2.24, 2.45) is 0 Å². The second kappa shape index (κ2) is 7.34. The van der Waals surface area contributed by atoms with Gasteiger partial charge in [-0.3, -0.25) is 14.2 Å². The molecule has 2 aromatic heterocycles. The van der Waals surface area contributed by atoms with Gasteiger partial charge < -0.3 is 5.32 Å². The van der Waals surface area contributed by atoms with E-state index in [4.69, 9.17) is 0 Å². The number of nitrogens with zero attached hydrogens (tertiary/aromatic N) is 4. The summed E-state index contributed by atoms with van der Waals surface area (Å²) in [6, 6.07) is 7.62. The number of para-hydroxylation sites is 1. The first-order valence-electron chi connectivity index (χ1n) is 9.41. The van der Waals surface area contributed by atoms with Crippen LogP contribution in [0.2, 0.25) is 0 Å². The third-order valence-corrected chi connectivity index (χ3v) is 5.23. The van der Waals surface area contributed by atoms with Gasteiger partial charge in [-0.25, -0.2) is 9.67 Å². The molecule has 1 fully saturated rings. The summed E-state index contributed by atoms with van der Waals surface area (Å²) in [4.78, 5) is 29.5. The molecule has 1 saturated carbocycles. The van der Waals surface area contributed by atoms with Crippen molar-refractivity contribution in [3.8, 4) is 0 Å². The van der Waals surface area contributed by atoms with Gasteiger partial charge in [-0.1, -0.05) is 31.4 Å². The Labute approximate surface area is 157 Å². The average Bonchev–Trinajstić information content (AvgIpc) is 3.13. The number of anilines is 1. The number of fused-ring (bicyclic) bond motifs is 1. The third-order valence-electron chi connectivity index (χ3n) is 5.23. The van der Waals surface area contributed by atoms with Crippen LogP contribution in [0.4, 0.5) is 5.82 Å². The van der Waals surface area contributed by atoms with Gasteiger partial charge in [0.1, 0.15) is 12.4 Å². The quantitative estimate of drug-likeness (QED) is 0.770. The van der Waals surface area contributed by atoms with Crippen LogP contribution in [-0.4, -0.2) is 25.2 Å². The van der Waals surface area contributed by atoms with Gasteiger partial charge >= 0.3 is 0 Å². The first-order valence-corrected chi connectivity index (χ1v) is 9.41. The van der Waals surface area contributed by atoms with Crippen LogP contribution in [0, 0.1) is 6.92 Å². The van der Waals surface area contributed by atoms with E-state index in [-0.39, 0.29) is 18.0 Å². The minimum absolute atomic E-state index is 0.0778. The highest BCUT2D eigenvalue weighted by atomic mass is 16.2. The van der Waals surface area contributed by atoms with Crippen molar-refractivity contribution in [3.05, 3.63) is 52.7 Å². The number of benzene rings is 1. The number of carbonyl (C=O) groups is 1. The van der Waals surface area contributed by atoms with E-state index in [9.17, 15) is 9.59 Å². The number of nitrogens with one attached hydrogen (secondary N) is 1. The molecule has 0 saturated heterocycles. The molecule has 0 aliphatic heterocycles. The van der Waals surface area contributed by atoms with Crippen molar-refractivity contribution in [1.82, 2.24) is 19.3 Å². The zero-order valence-electron chi connectivity index (χ0n) is 15.4. The molecular weight excluding hydrogens is 342 g/mol. The highest BCUT2D eigenvalue weighted by molar-refractivity contribution is 5.90. The van der Waals surface area contributed by atoms with Gasteiger partial charge in [-0.05, 0) is 31.4 Å². The molecule has 0 spiro atoms. The Morgan fingerprint density at radius 3 is 2.85 bits per heavy atom. The predicted octanol–water partition coefficient (Wildman–Crippen LogP) is 3.05. The number of hydrogen-bond acceptors (Lipinski definition) is 4. The molecule has 27 heavy (non-hydrogen) atoms. The van der Waals surface area contributed by atoms with Crippen molar-refractivity contribution in [2.45, 2.75) is 51.6 Å². The molecule has 1 aromatic carbocycles. The number of carbonyl (C=O) groups excluding carboxylic acids is 1. The highest BCUT2D eigenvalue weighted by Gasteiger charge is 2.19. The number of hydrogen-bond donors (Lipinski definition) is 1. The normalized spacial score (nSPS) is 15.1. The first kappa shape index (κ1) is 17.5. The van der Waals surface area contributed by atoms with E-state index in [1.54, 1.807) is 18.3 Å². The van der Waals surface area contributed by atoms with Crippen LogP contribution in [0.3, 0.4) is 0 Å². The van der Waals surface area contributed by atoms with E-state index in [2.05, 4.69) is 15.4 Å². The van der Waals surface area contributed by atoms with Gasteiger partial charge in [0.2, 0.25) is 5.91 Å². The number of amides is 1.